The van der Waals surface area contributed by atoms with Gasteiger partial charge in [-0.15, -0.1) is 0 Å². The standard InChI is InChI=1S/C28H34F2N2O3/c1-4-11-35-25-6-5-18(13-23(25)30)20-12-19-15-28(2,3)26(21(19)14-22(20)29)32(27(33)34)24-16-31-9-7-17(24)8-10-31/h5-6,12-14,17,24,26H,4,7-11,15-16H2,1-3H3,(H,33,34)/p-1/t24-,26+/m1/s1. The van der Waals surface area contributed by atoms with Gasteiger partial charge < -0.3 is 24.4 Å². The summed E-state index contributed by atoms with van der Waals surface area (Å²) in [6.07, 6.45) is 2.13. The Hall–Kier alpha value is -2.67. The normalized spacial score (nSPS) is 26.4. The van der Waals surface area contributed by atoms with Crippen LogP contribution in [0, 0.1) is 23.0 Å². The minimum Gasteiger partial charge on any atom is -0.530 e. The number of hydrogen-bond donors (Lipinski definition) is 0. The molecule has 2 aromatic carbocycles. The van der Waals surface area contributed by atoms with Crippen molar-refractivity contribution in [1.82, 2.24) is 9.80 Å². The fourth-order valence-electron chi connectivity index (χ4n) is 6.48. The van der Waals surface area contributed by atoms with Gasteiger partial charge in [0.15, 0.2) is 11.6 Å². The number of fused-ring (bicyclic) bond motifs is 4. The molecule has 5 nitrogen and oxygen atoms in total. The van der Waals surface area contributed by atoms with Crippen molar-refractivity contribution in [3.05, 3.63) is 53.1 Å². The lowest BCUT2D eigenvalue weighted by Crippen LogP contribution is -2.62. The van der Waals surface area contributed by atoms with Crippen LogP contribution in [0.4, 0.5) is 13.6 Å². The molecule has 1 amide bonds. The fraction of sp³-hybridized carbons (Fsp3) is 0.536. The van der Waals surface area contributed by atoms with Gasteiger partial charge in [-0.2, -0.15) is 0 Å². The highest BCUT2D eigenvalue weighted by atomic mass is 19.1. The Kier molecular flexibility index (Phi) is 6.24. The Morgan fingerprint density at radius 3 is 2.51 bits per heavy atom. The highest BCUT2D eigenvalue weighted by Crippen LogP contribution is 2.52. The second-order valence-electron chi connectivity index (χ2n) is 11.0. The van der Waals surface area contributed by atoms with E-state index in [-0.39, 0.29) is 11.8 Å². The number of carboxylic acid groups (broad SMARTS) is 1. The molecule has 0 radical (unpaired) electrons. The molecular formula is C28H33F2N2O3-. The number of halogens is 2. The maximum Gasteiger partial charge on any atom is 0.165 e. The zero-order valence-corrected chi connectivity index (χ0v) is 20.7. The Labute approximate surface area is 205 Å². The van der Waals surface area contributed by atoms with Crippen LogP contribution in [0.3, 0.4) is 0 Å². The smallest absolute Gasteiger partial charge is 0.165 e. The third-order valence-electron chi connectivity index (χ3n) is 8.08. The van der Waals surface area contributed by atoms with E-state index in [1.54, 1.807) is 12.1 Å². The van der Waals surface area contributed by atoms with Crippen LogP contribution in [0.25, 0.3) is 11.1 Å². The number of benzene rings is 2. The van der Waals surface area contributed by atoms with Crippen LogP contribution in [0.15, 0.2) is 30.3 Å². The molecule has 0 spiro atoms. The SMILES string of the molecule is CCCOc1ccc(-c2cc3c(cc2F)[C@H](N(C(=O)[O-])[C@@H]2CN4CCC2CC4)C(C)(C)C3)cc1F. The van der Waals surface area contributed by atoms with Crippen LogP contribution in [0.1, 0.15) is 57.2 Å². The Morgan fingerprint density at radius 1 is 1.17 bits per heavy atom. The summed E-state index contributed by atoms with van der Waals surface area (Å²) in [6, 6.07) is 7.08. The van der Waals surface area contributed by atoms with E-state index in [1.165, 1.54) is 23.1 Å². The van der Waals surface area contributed by atoms with Crippen LogP contribution < -0.4 is 9.84 Å². The van der Waals surface area contributed by atoms with Crippen molar-refractivity contribution in [2.24, 2.45) is 11.3 Å². The average molecular weight is 484 g/mol. The molecule has 188 valence electrons. The van der Waals surface area contributed by atoms with Crippen LogP contribution in [0.2, 0.25) is 0 Å². The van der Waals surface area contributed by atoms with Gasteiger partial charge in [0, 0.05) is 18.2 Å². The number of hydrogen-bond acceptors (Lipinski definition) is 4. The number of carbonyl (C=O) groups is 1. The molecular weight excluding hydrogens is 450 g/mol. The summed E-state index contributed by atoms with van der Waals surface area (Å²) in [6.45, 7) is 9.13. The van der Waals surface area contributed by atoms with E-state index in [0.717, 1.165) is 37.9 Å². The van der Waals surface area contributed by atoms with Gasteiger partial charge in [-0.1, -0.05) is 26.8 Å². The number of carbonyl (C=O) groups excluding carboxylic acids is 1. The molecule has 3 heterocycles. The lowest BCUT2D eigenvalue weighted by Gasteiger charge is -2.53. The molecule has 6 rings (SSSR count). The second-order valence-corrected chi connectivity index (χ2v) is 11.0. The minimum atomic E-state index is -1.19. The van der Waals surface area contributed by atoms with E-state index in [9.17, 15) is 14.3 Å². The molecule has 0 unspecified atom stereocenters. The third-order valence-corrected chi connectivity index (χ3v) is 8.08. The fourth-order valence-corrected chi connectivity index (χ4v) is 6.48. The Morgan fingerprint density at radius 2 is 1.91 bits per heavy atom. The molecule has 0 aromatic heterocycles. The number of ether oxygens (including phenoxy) is 1. The van der Waals surface area contributed by atoms with Crippen LogP contribution in [0.5, 0.6) is 5.75 Å². The largest absolute Gasteiger partial charge is 0.530 e. The summed E-state index contributed by atoms with van der Waals surface area (Å²) in [4.78, 5) is 16.4. The predicted molar refractivity (Wildman–Crippen MR) is 128 cm³/mol. The van der Waals surface area contributed by atoms with Gasteiger partial charge in [-0.25, -0.2) is 8.78 Å². The van der Waals surface area contributed by atoms with Crippen LogP contribution in [-0.2, 0) is 6.42 Å². The van der Waals surface area contributed by atoms with Crippen molar-refractivity contribution in [2.75, 3.05) is 26.2 Å². The molecule has 2 aromatic rings. The second kappa shape index (κ2) is 9.08. The summed E-state index contributed by atoms with van der Waals surface area (Å²) in [7, 11) is 0. The first-order chi connectivity index (χ1) is 16.7. The lowest BCUT2D eigenvalue weighted by molar-refractivity contribution is -0.276. The quantitative estimate of drug-likeness (QED) is 0.593. The lowest BCUT2D eigenvalue weighted by atomic mass is 9.79. The number of amides is 1. The van der Waals surface area contributed by atoms with Crippen molar-refractivity contribution in [1.29, 1.82) is 0 Å². The van der Waals surface area contributed by atoms with Gasteiger partial charge >= 0.3 is 0 Å². The van der Waals surface area contributed by atoms with E-state index in [2.05, 4.69) is 4.90 Å². The molecule has 7 heteroatoms. The zero-order valence-electron chi connectivity index (χ0n) is 20.7. The monoisotopic (exact) mass is 483 g/mol. The summed E-state index contributed by atoms with van der Waals surface area (Å²) < 4.78 is 35.5. The predicted octanol–water partition coefficient (Wildman–Crippen LogP) is 4.78. The van der Waals surface area contributed by atoms with Crippen LogP contribution in [-0.4, -0.2) is 48.2 Å². The number of nitrogens with zero attached hydrogens (tertiary/aromatic N) is 2. The zero-order chi connectivity index (χ0) is 24.9. The van der Waals surface area contributed by atoms with Gasteiger partial charge in [-0.3, -0.25) is 0 Å². The maximum atomic E-state index is 15.5. The first kappa shape index (κ1) is 24.0. The highest BCUT2D eigenvalue weighted by molar-refractivity contribution is 5.69. The van der Waals surface area contributed by atoms with E-state index >= 15 is 4.39 Å². The van der Waals surface area contributed by atoms with E-state index in [4.69, 9.17) is 4.74 Å². The number of piperidine rings is 3. The van der Waals surface area contributed by atoms with E-state index < -0.39 is 29.2 Å². The minimum absolute atomic E-state index is 0.148. The van der Waals surface area contributed by atoms with E-state index in [0.29, 0.717) is 42.2 Å². The van der Waals surface area contributed by atoms with E-state index in [1.807, 2.05) is 20.8 Å². The summed E-state index contributed by atoms with van der Waals surface area (Å²) >= 11 is 0. The van der Waals surface area contributed by atoms with Gasteiger partial charge in [0.2, 0.25) is 0 Å². The van der Waals surface area contributed by atoms with Crippen molar-refractivity contribution in [3.63, 3.8) is 0 Å². The maximum absolute atomic E-state index is 15.5. The van der Waals surface area contributed by atoms with Gasteiger partial charge in [0.05, 0.1) is 12.6 Å². The molecule has 0 N–H and O–H groups in total. The Balaban J connectivity index is 1.51. The van der Waals surface area contributed by atoms with Crippen LogP contribution >= 0.6 is 0 Å². The van der Waals surface area contributed by atoms with Crippen molar-refractivity contribution >= 4 is 6.09 Å². The molecule has 2 atom stereocenters. The third kappa shape index (κ3) is 4.28. The Bertz CT molecular complexity index is 1130. The molecule has 0 saturated carbocycles. The molecule has 3 fully saturated rings. The molecule has 35 heavy (non-hydrogen) atoms. The molecule has 2 bridgehead atoms. The van der Waals surface area contributed by atoms with Crippen molar-refractivity contribution in [2.45, 2.75) is 58.5 Å². The summed E-state index contributed by atoms with van der Waals surface area (Å²) in [5.74, 6) is -0.557. The average Bonchev–Trinajstić information content (AvgIpc) is 3.07. The molecule has 3 aliphatic heterocycles. The van der Waals surface area contributed by atoms with Crippen molar-refractivity contribution < 1.29 is 23.4 Å². The highest BCUT2D eigenvalue weighted by Gasteiger charge is 2.48. The summed E-state index contributed by atoms with van der Waals surface area (Å²) in [5.41, 5.74) is 1.91. The topological polar surface area (TPSA) is 55.8 Å². The first-order valence-electron chi connectivity index (χ1n) is 12.7. The first-order valence-corrected chi connectivity index (χ1v) is 12.7. The number of rotatable bonds is 6. The molecule has 4 aliphatic rings. The summed E-state index contributed by atoms with van der Waals surface area (Å²) in [5, 5.41) is 12.5. The van der Waals surface area contributed by atoms with Gasteiger partial charge in [0.1, 0.15) is 11.9 Å². The van der Waals surface area contributed by atoms with Gasteiger partial charge in [-0.05, 0) is 91.1 Å². The van der Waals surface area contributed by atoms with Crippen molar-refractivity contribution in [3.8, 4) is 16.9 Å². The van der Waals surface area contributed by atoms with Gasteiger partial charge in [0.25, 0.3) is 0 Å². The molecule has 3 saturated heterocycles. The molecule has 1 aliphatic carbocycles.